The van der Waals surface area contributed by atoms with Crippen molar-refractivity contribution in [3.63, 3.8) is 0 Å². The van der Waals surface area contributed by atoms with Gasteiger partial charge in [0.15, 0.2) is 0 Å². The van der Waals surface area contributed by atoms with Gasteiger partial charge in [-0.1, -0.05) is 26.0 Å². The average Bonchev–Trinajstić information content (AvgIpc) is 2.28. The molecule has 0 aliphatic carbocycles. The van der Waals surface area contributed by atoms with E-state index in [0.717, 1.165) is 10.9 Å². The topological polar surface area (TPSA) is 61.0 Å². The molecule has 90 valence electrons. The van der Waals surface area contributed by atoms with Gasteiger partial charge in [0.1, 0.15) is 0 Å². The van der Waals surface area contributed by atoms with Crippen molar-refractivity contribution in [3.05, 3.63) is 24.3 Å². The number of benzene rings is 1. The Balaban J connectivity index is 2.45. The Bertz CT molecular complexity index is 525. The number of anilines is 1. The van der Waals surface area contributed by atoms with Crippen LogP contribution in [0.3, 0.4) is 0 Å². The molecule has 1 unspecified atom stereocenters. The Kier molecular flexibility index (Phi) is 3.13. The van der Waals surface area contributed by atoms with Crippen molar-refractivity contribution in [3.8, 4) is 5.88 Å². The van der Waals surface area contributed by atoms with Gasteiger partial charge in [-0.2, -0.15) is 4.98 Å². The summed E-state index contributed by atoms with van der Waals surface area (Å²) in [4.78, 5) is 8.34. The molecule has 0 aliphatic heterocycles. The summed E-state index contributed by atoms with van der Waals surface area (Å²) in [6, 6.07) is 7.70. The molecule has 2 rings (SSSR count). The summed E-state index contributed by atoms with van der Waals surface area (Å²) in [5, 5.41) is 0.897. The van der Waals surface area contributed by atoms with E-state index in [9.17, 15) is 0 Å². The van der Waals surface area contributed by atoms with Crippen LogP contribution in [0.25, 0.3) is 10.9 Å². The van der Waals surface area contributed by atoms with E-state index in [1.165, 1.54) is 0 Å². The first-order valence-electron chi connectivity index (χ1n) is 5.77. The highest BCUT2D eigenvalue weighted by Crippen LogP contribution is 2.24. The molecule has 2 N–H and O–H groups in total. The first kappa shape index (κ1) is 11.6. The first-order chi connectivity index (χ1) is 8.08. The maximum absolute atomic E-state index is 5.84. The minimum absolute atomic E-state index is 0.0905. The third-order valence-electron chi connectivity index (χ3n) is 2.82. The summed E-state index contributed by atoms with van der Waals surface area (Å²) in [5.41, 5.74) is 6.49. The molecule has 2 aromatic rings. The number of nitrogen functional groups attached to an aromatic ring is 1. The number of ether oxygens (including phenoxy) is 1. The van der Waals surface area contributed by atoms with Crippen molar-refractivity contribution >= 4 is 16.9 Å². The zero-order valence-corrected chi connectivity index (χ0v) is 10.3. The zero-order valence-electron chi connectivity index (χ0n) is 10.3. The Morgan fingerprint density at radius 1 is 1.12 bits per heavy atom. The van der Waals surface area contributed by atoms with Gasteiger partial charge in [-0.25, -0.2) is 4.98 Å². The molecule has 1 aromatic heterocycles. The number of aromatic nitrogens is 2. The van der Waals surface area contributed by atoms with Crippen molar-refractivity contribution in [2.24, 2.45) is 5.92 Å². The van der Waals surface area contributed by atoms with Gasteiger partial charge in [-0.05, 0) is 25.0 Å². The van der Waals surface area contributed by atoms with E-state index in [4.69, 9.17) is 10.5 Å². The predicted molar refractivity (Wildman–Crippen MR) is 68.9 cm³/mol. The summed E-state index contributed by atoms with van der Waals surface area (Å²) in [6.07, 6.45) is 0.0905. The molecule has 0 saturated carbocycles. The van der Waals surface area contributed by atoms with E-state index in [0.29, 0.717) is 11.8 Å². The van der Waals surface area contributed by atoms with E-state index < -0.39 is 0 Å². The van der Waals surface area contributed by atoms with E-state index in [1.807, 2.05) is 31.2 Å². The van der Waals surface area contributed by atoms with Crippen LogP contribution in [0, 0.1) is 5.92 Å². The maximum atomic E-state index is 5.84. The molecule has 0 bridgehead atoms. The fourth-order valence-corrected chi connectivity index (χ4v) is 1.47. The van der Waals surface area contributed by atoms with Gasteiger partial charge >= 0.3 is 0 Å². The van der Waals surface area contributed by atoms with Gasteiger partial charge in [0.2, 0.25) is 11.8 Å². The molecule has 4 heteroatoms. The third-order valence-corrected chi connectivity index (χ3v) is 2.82. The molecule has 0 amide bonds. The van der Waals surface area contributed by atoms with Crippen LogP contribution in [0.1, 0.15) is 20.8 Å². The first-order valence-corrected chi connectivity index (χ1v) is 5.77. The minimum atomic E-state index is 0.0905. The summed E-state index contributed by atoms with van der Waals surface area (Å²) >= 11 is 0. The van der Waals surface area contributed by atoms with Gasteiger partial charge in [-0.3, -0.25) is 0 Å². The van der Waals surface area contributed by atoms with Crippen LogP contribution in [0.4, 0.5) is 5.95 Å². The number of hydrogen-bond acceptors (Lipinski definition) is 4. The summed E-state index contributed by atoms with van der Waals surface area (Å²) in [6.45, 7) is 6.24. The van der Waals surface area contributed by atoms with E-state index in [1.54, 1.807) is 0 Å². The number of para-hydroxylation sites is 1. The Hall–Kier alpha value is -1.84. The quantitative estimate of drug-likeness (QED) is 0.882. The zero-order chi connectivity index (χ0) is 12.4. The molecular weight excluding hydrogens is 214 g/mol. The fraction of sp³-hybridized carbons (Fsp3) is 0.385. The van der Waals surface area contributed by atoms with Gasteiger partial charge in [0.25, 0.3) is 0 Å². The lowest BCUT2D eigenvalue weighted by Gasteiger charge is -2.18. The fourth-order valence-electron chi connectivity index (χ4n) is 1.47. The van der Waals surface area contributed by atoms with Crippen LogP contribution in [0.5, 0.6) is 5.88 Å². The molecule has 0 saturated heterocycles. The van der Waals surface area contributed by atoms with Crippen LogP contribution >= 0.6 is 0 Å². The highest BCUT2D eigenvalue weighted by Gasteiger charge is 2.13. The minimum Gasteiger partial charge on any atom is -0.474 e. The number of hydrogen-bond donors (Lipinski definition) is 1. The molecule has 0 spiro atoms. The lowest BCUT2D eigenvalue weighted by molar-refractivity contribution is 0.166. The van der Waals surface area contributed by atoms with Crippen LogP contribution in [0.2, 0.25) is 0 Å². The molecule has 0 radical (unpaired) electrons. The standard InChI is InChI=1S/C13H17N3O/c1-8(2)9(3)17-12-10-6-4-5-7-11(10)15-13(14)16-12/h4-9H,1-3H3,(H2,14,15,16). The normalized spacial score (nSPS) is 12.9. The largest absolute Gasteiger partial charge is 0.474 e. The van der Waals surface area contributed by atoms with E-state index >= 15 is 0 Å². The van der Waals surface area contributed by atoms with E-state index in [2.05, 4.69) is 23.8 Å². The Morgan fingerprint density at radius 2 is 1.82 bits per heavy atom. The second-order valence-electron chi connectivity index (χ2n) is 4.47. The molecule has 1 heterocycles. The predicted octanol–water partition coefficient (Wildman–Crippen LogP) is 2.64. The molecule has 17 heavy (non-hydrogen) atoms. The third kappa shape index (κ3) is 2.46. The van der Waals surface area contributed by atoms with Crippen LogP contribution < -0.4 is 10.5 Å². The second-order valence-corrected chi connectivity index (χ2v) is 4.47. The number of nitrogens with zero attached hydrogens (tertiary/aromatic N) is 2. The van der Waals surface area contributed by atoms with Crippen LogP contribution in [-0.2, 0) is 0 Å². The monoisotopic (exact) mass is 231 g/mol. The highest BCUT2D eigenvalue weighted by atomic mass is 16.5. The van der Waals surface area contributed by atoms with Gasteiger partial charge < -0.3 is 10.5 Å². The van der Waals surface area contributed by atoms with Crippen molar-refractivity contribution < 1.29 is 4.74 Å². The summed E-state index contributed by atoms with van der Waals surface area (Å²) in [7, 11) is 0. The number of rotatable bonds is 3. The maximum Gasteiger partial charge on any atom is 0.226 e. The lowest BCUT2D eigenvalue weighted by Crippen LogP contribution is -2.19. The average molecular weight is 231 g/mol. The number of fused-ring (bicyclic) bond motifs is 1. The molecule has 1 aromatic carbocycles. The van der Waals surface area contributed by atoms with Crippen LogP contribution in [0.15, 0.2) is 24.3 Å². The Morgan fingerprint density at radius 3 is 2.53 bits per heavy atom. The second kappa shape index (κ2) is 4.57. The molecule has 4 nitrogen and oxygen atoms in total. The molecular formula is C13H17N3O. The summed E-state index contributed by atoms with van der Waals surface area (Å²) < 4.78 is 5.84. The number of nitrogens with two attached hydrogens (primary N) is 1. The van der Waals surface area contributed by atoms with Gasteiger partial charge in [-0.15, -0.1) is 0 Å². The van der Waals surface area contributed by atoms with Crippen molar-refractivity contribution in [1.82, 2.24) is 9.97 Å². The van der Waals surface area contributed by atoms with Crippen molar-refractivity contribution in [2.45, 2.75) is 26.9 Å². The van der Waals surface area contributed by atoms with E-state index in [-0.39, 0.29) is 12.1 Å². The van der Waals surface area contributed by atoms with Gasteiger partial charge in [0, 0.05) is 0 Å². The molecule has 0 fully saturated rings. The Labute approximate surface area is 101 Å². The smallest absolute Gasteiger partial charge is 0.226 e. The highest BCUT2D eigenvalue weighted by molar-refractivity contribution is 5.84. The van der Waals surface area contributed by atoms with Crippen LogP contribution in [-0.4, -0.2) is 16.1 Å². The lowest BCUT2D eigenvalue weighted by atomic mass is 10.1. The van der Waals surface area contributed by atoms with Crippen molar-refractivity contribution in [2.75, 3.05) is 5.73 Å². The van der Waals surface area contributed by atoms with Gasteiger partial charge in [0.05, 0.1) is 17.0 Å². The van der Waals surface area contributed by atoms with Crippen molar-refractivity contribution in [1.29, 1.82) is 0 Å². The SMILES string of the molecule is CC(C)C(C)Oc1nc(N)nc2ccccc12. The summed E-state index contributed by atoms with van der Waals surface area (Å²) in [5.74, 6) is 1.23. The molecule has 0 aliphatic rings. The molecule has 1 atom stereocenters.